The van der Waals surface area contributed by atoms with Crippen molar-refractivity contribution in [3.63, 3.8) is 0 Å². The highest BCUT2D eigenvalue weighted by Gasteiger charge is 2.28. The Morgan fingerprint density at radius 1 is 1.20 bits per heavy atom. The molecule has 0 bridgehead atoms. The van der Waals surface area contributed by atoms with Crippen LogP contribution in [0, 0.1) is 17.8 Å². The third-order valence-corrected chi connectivity index (χ3v) is 2.99. The monoisotopic (exact) mass is 212 g/mol. The van der Waals surface area contributed by atoms with Gasteiger partial charge in [0.05, 0.1) is 6.54 Å². The molecule has 1 aliphatic carbocycles. The van der Waals surface area contributed by atoms with Gasteiger partial charge >= 0.3 is 0 Å². The Labute approximate surface area is 90.6 Å². The molecular weight excluding hydrogens is 192 g/mol. The van der Waals surface area contributed by atoms with Gasteiger partial charge in [-0.15, -0.1) is 0 Å². The topological polar surface area (TPSA) is 72.2 Å². The standard InChI is InChI=1S/C11H20N2O2/c1-7-3-8(2)5-9(4-7)11(15)13-6-10(12)14/h7-9H,3-6H2,1-2H3,(H2,12,14)(H,13,15)/t7-,8+,9?. The van der Waals surface area contributed by atoms with Gasteiger partial charge in [-0.2, -0.15) is 0 Å². The van der Waals surface area contributed by atoms with Crippen molar-refractivity contribution in [3.05, 3.63) is 0 Å². The van der Waals surface area contributed by atoms with Crippen LogP contribution < -0.4 is 11.1 Å². The minimum atomic E-state index is -0.486. The van der Waals surface area contributed by atoms with Crippen LogP contribution in [-0.2, 0) is 9.59 Å². The highest BCUT2D eigenvalue weighted by atomic mass is 16.2. The predicted molar refractivity (Wildman–Crippen MR) is 57.9 cm³/mol. The Morgan fingerprint density at radius 3 is 2.20 bits per heavy atom. The summed E-state index contributed by atoms with van der Waals surface area (Å²) in [5, 5.41) is 2.58. The second kappa shape index (κ2) is 5.14. The molecule has 0 radical (unpaired) electrons. The van der Waals surface area contributed by atoms with Crippen LogP contribution in [0.25, 0.3) is 0 Å². The second-order valence-corrected chi connectivity index (χ2v) is 4.80. The summed E-state index contributed by atoms with van der Waals surface area (Å²) in [6, 6.07) is 0. The summed E-state index contributed by atoms with van der Waals surface area (Å²) >= 11 is 0. The number of nitrogens with one attached hydrogen (secondary N) is 1. The molecule has 0 saturated heterocycles. The van der Waals surface area contributed by atoms with Crippen LogP contribution in [0.1, 0.15) is 33.1 Å². The SMILES string of the molecule is C[C@@H]1CC(C(=O)NCC(N)=O)C[C@H](C)C1. The molecule has 1 fully saturated rings. The zero-order valence-electron chi connectivity index (χ0n) is 9.45. The van der Waals surface area contributed by atoms with Gasteiger partial charge in [0.25, 0.3) is 0 Å². The number of primary amides is 1. The van der Waals surface area contributed by atoms with Crippen LogP contribution in [0.15, 0.2) is 0 Å². The van der Waals surface area contributed by atoms with Crippen molar-refractivity contribution in [2.75, 3.05) is 6.54 Å². The molecule has 1 saturated carbocycles. The molecule has 86 valence electrons. The van der Waals surface area contributed by atoms with E-state index in [4.69, 9.17) is 5.73 Å². The van der Waals surface area contributed by atoms with Crippen molar-refractivity contribution in [2.24, 2.45) is 23.5 Å². The zero-order chi connectivity index (χ0) is 11.4. The number of carbonyl (C=O) groups is 2. The van der Waals surface area contributed by atoms with Gasteiger partial charge in [0.15, 0.2) is 0 Å². The van der Waals surface area contributed by atoms with Crippen LogP contribution in [0.2, 0.25) is 0 Å². The van der Waals surface area contributed by atoms with Gasteiger partial charge in [0, 0.05) is 5.92 Å². The molecule has 1 rings (SSSR count). The molecule has 3 atom stereocenters. The van der Waals surface area contributed by atoms with E-state index in [9.17, 15) is 9.59 Å². The van der Waals surface area contributed by atoms with Gasteiger partial charge in [-0.3, -0.25) is 9.59 Å². The van der Waals surface area contributed by atoms with Gasteiger partial charge in [0.1, 0.15) is 0 Å². The van der Waals surface area contributed by atoms with Crippen LogP contribution >= 0.6 is 0 Å². The maximum Gasteiger partial charge on any atom is 0.236 e. The fourth-order valence-corrected chi connectivity index (χ4v) is 2.48. The molecular formula is C11H20N2O2. The fourth-order valence-electron chi connectivity index (χ4n) is 2.48. The van der Waals surface area contributed by atoms with Crippen molar-refractivity contribution < 1.29 is 9.59 Å². The van der Waals surface area contributed by atoms with E-state index >= 15 is 0 Å². The van der Waals surface area contributed by atoms with Crippen LogP contribution in [0.3, 0.4) is 0 Å². The number of hydrogen-bond donors (Lipinski definition) is 2. The zero-order valence-corrected chi connectivity index (χ0v) is 9.45. The lowest BCUT2D eigenvalue weighted by molar-refractivity contribution is -0.129. The van der Waals surface area contributed by atoms with E-state index < -0.39 is 5.91 Å². The van der Waals surface area contributed by atoms with Gasteiger partial charge in [0.2, 0.25) is 11.8 Å². The van der Waals surface area contributed by atoms with Crippen LogP contribution in [0.4, 0.5) is 0 Å². The maximum absolute atomic E-state index is 11.7. The lowest BCUT2D eigenvalue weighted by Crippen LogP contribution is -2.39. The van der Waals surface area contributed by atoms with Crippen molar-refractivity contribution in [1.82, 2.24) is 5.32 Å². The predicted octanol–water partition coefficient (Wildman–Crippen LogP) is 0.660. The fraction of sp³-hybridized carbons (Fsp3) is 0.818. The largest absolute Gasteiger partial charge is 0.368 e. The minimum absolute atomic E-state index is 0.0211. The van der Waals surface area contributed by atoms with Crippen molar-refractivity contribution >= 4 is 11.8 Å². The Balaban J connectivity index is 2.41. The van der Waals surface area contributed by atoms with E-state index in [1.165, 1.54) is 6.42 Å². The Hall–Kier alpha value is -1.06. The highest BCUT2D eigenvalue weighted by Crippen LogP contribution is 2.32. The van der Waals surface area contributed by atoms with E-state index in [0.29, 0.717) is 11.8 Å². The first-order valence-electron chi connectivity index (χ1n) is 5.55. The Bertz CT molecular complexity index is 243. The normalized spacial score (nSPS) is 30.9. The first-order valence-corrected chi connectivity index (χ1v) is 5.55. The third-order valence-electron chi connectivity index (χ3n) is 2.99. The molecule has 1 aliphatic rings. The molecule has 4 heteroatoms. The minimum Gasteiger partial charge on any atom is -0.368 e. The van der Waals surface area contributed by atoms with E-state index in [2.05, 4.69) is 19.2 Å². The molecule has 0 aromatic heterocycles. The molecule has 3 N–H and O–H groups in total. The average Bonchev–Trinajstić information content (AvgIpc) is 2.12. The van der Waals surface area contributed by atoms with E-state index in [1.54, 1.807) is 0 Å². The number of amides is 2. The lowest BCUT2D eigenvalue weighted by atomic mass is 9.76. The van der Waals surface area contributed by atoms with Crippen molar-refractivity contribution in [1.29, 1.82) is 0 Å². The number of hydrogen-bond acceptors (Lipinski definition) is 2. The maximum atomic E-state index is 11.7. The van der Waals surface area contributed by atoms with Gasteiger partial charge < -0.3 is 11.1 Å². The molecule has 0 spiro atoms. The smallest absolute Gasteiger partial charge is 0.236 e. The van der Waals surface area contributed by atoms with E-state index in [-0.39, 0.29) is 18.4 Å². The lowest BCUT2D eigenvalue weighted by Gasteiger charge is -2.30. The summed E-state index contributed by atoms with van der Waals surface area (Å²) in [4.78, 5) is 22.2. The highest BCUT2D eigenvalue weighted by molar-refractivity contribution is 5.84. The summed E-state index contributed by atoms with van der Waals surface area (Å²) in [7, 11) is 0. The van der Waals surface area contributed by atoms with Gasteiger partial charge in [-0.1, -0.05) is 13.8 Å². The summed E-state index contributed by atoms with van der Waals surface area (Å²) < 4.78 is 0. The molecule has 0 heterocycles. The quantitative estimate of drug-likeness (QED) is 0.721. The van der Waals surface area contributed by atoms with Gasteiger partial charge in [-0.25, -0.2) is 0 Å². The first-order chi connectivity index (χ1) is 6.99. The van der Waals surface area contributed by atoms with Crippen molar-refractivity contribution in [2.45, 2.75) is 33.1 Å². The van der Waals surface area contributed by atoms with Crippen molar-refractivity contribution in [3.8, 4) is 0 Å². The third kappa shape index (κ3) is 3.90. The molecule has 1 unspecified atom stereocenters. The molecule has 0 aromatic rings. The number of rotatable bonds is 3. The number of carbonyl (C=O) groups excluding carboxylic acids is 2. The summed E-state index contributed by atoms with van der Waals surface area (Å²) in [6.07, 6.45) is 3.05. The average molecular weight is 212 g/mol. The van der Waals surface area contributed by atoms with Crippen LogP contribution in [-0.4, -0.2) is 18.4 Å². The van der Waals surface area contributed by atoms with E-state index in [0.717, 1.165) is 12.8 Å². The summed E-state index contributed by atoms with van der Waals surface area (Å²) in [5.41, 5.74) is 4.97. The Kier molecular flexibility index (Phi) is 4.12. The van der Waals surface area contributed by atoms with Gasteiger partial charge in [-0.05, 0) is 31.1 Å². The Morgan fingerprint density at radius 2 is 1.73 bits per heavy atom. The molecule has 0 aromatic carbocycles. The molecule has 4 nitrogen and oxygen atoms in total. The summed E-state index contributed by atoms with van der Waals surface area (Å²) in [5.74, 6) is 0.742. The first kappa shape index (κ1) is 12.0. The molecule has 0 aliphatic heterocycles. The van der Waals surface area contributed by atoms with E-state index in [1.807, 2.05) is 0 Å². The second-order valence-electron chi connectivity index (χ2n) is 4.80. The molecule has 15 heavy (non-hydrogen) atoms. The summed E-state index contributed by atoms with van der Waals surface area (Å²) in [6.45, 7) is 4.30. The number of nitrogens with two attached hydrogens (primary N) is 1. The molecule has 2 amide bonds. The van der Waals surface area contributed by atoms with Crippen LogP contribution in [0.5, 0.6) is 0 Å².